The molecule has 128 valence electrons. The Morgan fingerprint density at radius 3 is 2.87 bits per heavy atom. The fraction of sp³-hybridized carbons (Fsp3) is 0.611. The summed E-state index contributed by atoms with van der Waals surface area (Å²) < 4.78 is 5.57. The number of urea groups is 1. The number of hydrogen-bond donors (Lipinski definition) is 3. The van der Waals surface area contributed by atoms with E-state index in [-0.39, 0.29) is 24.2 Å². The summed E-state index contributed by atoms with van der Waals surface area (Å²) >= 11 is 0. The second kappa shape index (κ2) is 8.89. The topological polar surface area (TPSA) is 70.6 Å². The molecule has 0 radical (unpaired) electrons. The van der Waals surface area contributed by atoms with E-state index in [0.29, 0.717) is 13.2 Å². The first-order chi connectivity index (χ1) is 11.0. The molecule has 1 aromatic carbocycles. The maximum absolute atomic E-state index is 12.0. The van der Waals surface area contributed by atoms with Crippen LogP contribution < -0.4 is 10.6 Å². The first-order valence-electron chi connectivity index (χ1n) is 8.48. The van der Waals surface area contributed by atoms with Crippen LogP contribution in [-0.4, -0.2) is 29.9 Å². The predicted octanol–water partition coefficient (Wildman–Crippen LogP) is 3.28. The lowest BCUT2D eigenvalue weighted by atomic mass is 9.86. The predicted molar refractivity (Wildman–Crippen MR) is 91.4 cm³/mol. The summed E-state index contributed by atoms with van der Waals surface area (Å²) in [5.74, 6) is 0.167. The van der Waals surface area contributed by atoms with Gasteiger partial charge in [-0.1, -0.05) is 25.0 Å². The van der Waals surface area contributed by atoms with Crippen molar-refractivity contribution in [1.29, 1.82) is 0 Å². The lowest BCUT2D eigenvalue weighted by molar-refractivity contribution is 0.0657. The van der Waals surface area contributed by atoms with Gasteiger partial charge in [0.05, 0.1) is 18.8 Å². The average molecular weight is 320 g/mol. The summed E-state index contributed by atoms with van der Waals surface area (Å²) in [7, 11) is 0. The van der Waals surface area contributed by atoms with Gasteiger partial charge in [-0.25, -0.2) is 4.79 Å². The van der Waals surface area contributed by atoms with Gasteiger partial charge in [-0.2, -0.15) is 0 Å². The molecule has 5 heteroatoms. The van der Waals surface area contributed by atoms with Crippen molar-refractivity contribution in [2.75, 3.05) is 11.9 Å². The van der Waals surface area contributed by atoms with Crippen molar-refractivity contribution < 1.29 is 14.6 Å². The number of aliphatic hydroxyl groups is 1. The van der Waals surface area contributed by atoms with Crippen molar-refractivity contribution in [3.63, 3.8) is 0 Å². The highest BCUT2D eigenvalue weighted by atomic mass is 16.5. The molecule has 1 aliphatic rings. The SMILES string of the molecule is CC(C)OCc1cccc(NC(=O)NC[C@@H]2CCCC[C@@H]2O)c1. The van der Waals surface area contributed by atoms with Gasteiger partial charge in [0.25, 0.3) is 0 Å². The standard InChI is InChI=1S/C18H28N2O3/c1-13(2)23-12-14-6-5-8-16(10-14)20-18(22)19-11-15-7-3-4-9-17(15)21/h5-6,8,10,13,15,17,21H,3-4,7,9,11-12H2,1-2H3,(H2,19,20,22)/t15-,17-/m0/s1. The molecule has 2 rings (SSSR count). The van der Waals surface area contributed by atoms with Crippen LogP contribution in [0.2, 0.25) is 0 Å². The number of benzene rings is 1. The van der Waals surface area contributed by atoms with Crippen molar-refractivity contribution in [2.45, 2.75) is 58.3 Å². The van der Waals surface area contributed by atoms with Crippen LogP contribution in [0.4, 0.5) is 10.5 Å². The van der Waals surface area contributed by atoms with E-state index in [1.807, 2.05) is 38.1 Å². The molecule has 0 unspecified atom stereocenters. The lowest BCUT2D eigenvalue weighted by Gasteiger charge is -2.27. The number of carbonyl (C=O) groups is 1. The molecule has 23 heavy (non-hydrogen) atoms. The Labute approximate surface area is 138 Å². The number of ether oxygens (including phenoxy) is 1. The minimum Gasteiger partial charge on any atom is -0.393 e. The molecule has 0 saturated heterocycles. The fourth-order valence-electron chi connectivity index (χ4n) is 2.83. The summed E-state index contributed by atoms with van der Waals surface area (Å²) in [6, 6.07) is 7.42. The Morgan fingerprint density at radius 1 is 1.35 bits per heavy atom. The van der Waals surface area contributed by atoms with Crippen LogP contribution in [0.3, 0.4) is 0 Å². The first kappa shape index (κ1) is 17.8. The van der Waals surface area contributed by atoms with Crippen LogP contribution >= 0.6 is 0 Å². The van der Waals surface area contributed by atoms with Crippen molar-refractivity contribution in [3.8, 4) is 0 Å². The quantitative estimate of drug-likeness (QED) is 0.753. The molecule has 0 aromatic heterocycles. The second-order valence-electron chi connectivity index (χ2n) is 6.51. The molecular weight excluding hydrogens is 292 g/mol. The van der Waals surface area contributed by atoms with Gasteiger partial charge in [0.2, 0.25) is 0 Å². The van der Waals surface area contributed by atoms with E-state index in [0.717, 1.165) is 36.9 Å². The second-order valence-corrected chi connectivity index (χ2v) is 6.51. The first-order valence-corrected chi connectivity index (χ1v) is 8.48. The number of aliphatic hydroxyl groups excluding tert-OH is 1. The minimum absolute atomic E-state index is 0.167. The molecule has 0 aliphatic heterocycles. The maximum atomic E-state index is 12.0. The summed E-state index contributed by atoms with van der Waals surface area (Å²) in [6.45, 7) is 5.04. The van der Waals surface area contributed by atoms with E-state index in [1.165, 1.54) is 0 Å². The molecule has 1 fully saturated rings. The van der Waals surface area contributed by atoms with Crippen molar-refractivity contribution >= 4 is 11.7 Å². The normalized spacial score (nSPS) is 21.2. The smallest absolute Gasteiger partial charge is 0.319 e. The highest BCUT2D eigenvalue weighted by Crippen LogP contribution is 2.23. The van der Waals surface area contributed by atoms with Crippen molar-refractivity contribution in [2.24, 2.45) is 5.92 Å². The highest BCUT2D eigenvalue weighted by molar-refractivity contribution is 5.89. The zero-order valence-corrected chi connectivity index (χ0v) is 14.0. The van der Waals surface area contributed by atoms with Crippen molar-refractivity contribution in [1.82, 2.24) is 5.32 Å². The molecule has 2 amide bonds. The average Bonchev–Trinajstić information content (AvgIpc) is 2.52. The summed E-state index contributed by atoms with van der Waals surface area (Å²) in [6.07, 6.45) is 3.91. The third kappa shape index (κ3) is 6.20. The van der Waals surface area contributed by atoms with Gasteiger partial charge in [-0.15, -0.1) is 0 Å². The summed E-state index contributed by atoms with van der Waals surface area (Å²) in [5.41, 5.74) is 1.77. The number of hydrogen-bond acceptors (Lipinski definition) is 3. The van der Waals surface area contributed by atoms with Crippen LogP contribution in [0, 0.1) is 5.92 Å². The van der Waals surface area contributed by atoms with E-state index in [1.54, 1.807) is 0 Å². The minimum atomic E-state index is -0.291. The number of anilines is 1. The third-order valence-corrected chi connectivity index (χ3v) is 4.16. The Kier molecular flexibility index (Phi) is 6.86. The van der Waals surface area contributed by atoms with Crippen LogP contribution in [0.5, 0.6) is 0 Å². The van der Waals surface area contributed by atoms with Gasteiger partial charge in [0, 0.05) is 18.2 Å². The zero-order valence-electron chi connectivity index (χ0n) is 14.0. The van der Waals surface area contributed by atoms with E-state index in [2.05, 4.69) is 10.6 Å². The van der Waals surface area contributed by atoms with Gasteiger partial charge in [-0.3, -0.25) is 0 Å². The molecule has 2 atom stereocenters. The van der Waals surface area contributed by atoms with E-state index in [9.17, 15) is 9.90 Å². The van der Waals surface area contributed by atoms with Crippen LogP contribution in [0.15, 0.2) is 24.3 Å². The number of amides is 2. The van der Waals surface area contributed by atoms with Crippen LogP contribution in [0.1, 0.15) is 45.1 Å². The highest BCUT2D eigenvalue weighted by Gasteiger charge is 2.23. The molecule has 1 aromatic rings. The van der Waals surface area contributed by atoms with Crippen molar-refractivity contribution in [3.05, 3.63) is 29.8 Å². The molecule has 0 heterocycles. The molecular formula is C18H28N2O3. The van der Waals surface area contributed by atoms with Gasteiger partial charge in [-0.05, 0) is 44.4 Å². The third-order valence-electron chi connectivity index (χ3n) is 4.16. The van der Waals surface area contributed by atoms with Gasteiger partial charge in [0.15, 0.2) is 0 Å². The molecule has 1 saturated carbocycles. The molecule has 1 aliphatic carbocycles. The Balaban J connectivity index is 1.79. The summed E-state index contributed by atoms with van der Waals surface area (Å²) in [4.78, 5) is 12.0. The van der Waals surface area contributed by atoms with Gasteiger partial charge < -0.3 is 20.5 Å². The number of carbonyl (C=O) groups excluding carboxylic acids is 1. The lowest BCUT2D eigenvalue weighted by Crippen LogP contribution is -2.38. The van der Waals surface area contributed by atoms with E-state index >= 15 is 0 Å². The number of rotatable bonds is 6. The molecule has 0 spiro atoms. The Hall–Kier alpha value is -1.59. The van der Waals surface area contributed by atoms with Crippen LogP contribution in [0.25, 0.3) is 0 Å². The zero-order chi connectivity index (χ0) is 16.7. The monoisotopic (exact) mass is 320 g/mol. The number of nitrogens with one attached hydrogen (secondary N) is 2. The Morgan fingerprint density at radius 2 is 2.13 bits per heavy atom. The van der Waals surface area contributed by atoms with E-state index < -0.39 is 0 Å². The largest absolute Gasteiger partial charge is 0.393 e. The van der Waals surface area contributed by atoms with E-state index in [4.69, 9.17) is 4.74 Å². The van der Waals surface area contributed by atoms with Gasteiger partial charge >= 0.3 is 6.03 Å². The molecule has 5 nitrogen and oxygen atoms in total. The molecule has 0 bridgehead atoms. The van der Waals surface area contributed by atoms with Gasteiger partial charge in [0.1, 0.15) is 0 Å². The fourth-order valence-corrected chi connectivity index (χ4v) is 2.83. The maximum Gasteiger partial charge on any atom is 0.319 e. The Bertz CT molecular complexity index is 505. The summed E-state index contributed by atoms with van der Waals surface area (Å²) in [5, 5.41) is 15.6. The van der Waals surface area contributed by atoms with Crippen LogP contribution in [-0.2, 0) is 11.3 Å². The molecule has 3 N–H and O–H groups in total.